The highest BCUT2D eigenvalue weighted by molar-refractivity contribution is 5.57. The monoisotopic (exact) mass is 415 g/mol. The summed E-state index contributed by atoms with van der Waals surface area (Å²) in [5, 5.41) is 15.4. The molecule has 6 rings (SSSR count). The first-order chi connectivity index (χ1) is 15.2. The molecule has 0 saturated heterocycles. The van der Waals surface area contributed by atoms with Crippen molar-refractivity contribution < 1.29 is 5.11 Å². The number of hydrogen-bond acceptors (Lipinski definition) is 6. The van der Waals surface area contributed by atoms with E-state index in [0.717, 1.165) is 54.0 Å². The molecule has 0 aromatic carbocycles. The Bertz CT molecular complexity index is 1220. The van der Waals surface area contributed by atoms with Gasteiger partial charge in [0.25, 0.3) is 0 Å². The van der Waals surface area contributed by atoms with Gasteiger partial charge in [-0.3, -0.25) is 0 Å². The van der Waals surface area contributed by atoms with E-state index in [1.807, 2.05) is 16.8 Å². The second-order valence-electron chi connectivity index (χ2n) is 8.65. The number of pyridine rings is 1. The molecule has 1 aliphatic heterocycles. The average molecular weight is 416 g/mol. The number of nitrogens with one attached hydrogen (secondary N) is 1. The fourth-order valence-electron chi connectivity index (χ4n) is 4.76. The minimum Gasteiger partial charge on any atom is -0.388 e. The molecule has 0 bridgehead atoms. The highest BCUT2D eigenvalue weighted by Gasteiger charge is 2.35. The maximum atomic E-state index is 10.6. The summed E-state index contributed by atoms with van der Waals surface area (Å²) in [4.78, 5) is 19.4. The van der Waals surface area contributed by atoms with Crippen LogP contribution >= 0.6 is 0 Å². The molecule has 0 radical (unpaired) electrons. The number of rotatable bonds is 4. The minimum atomic E-state index is -0.473. The van der Waals surface area contributed by atoms with Crippen molar-refractivity contribution in [3.63, 3.8) is 0 Å². The molecule has 4 aromatic rings. The number of nitrogens with zero attached hydrogens (tertiary/aromatic N) is 6. The number of hydrogen-bond donors (Lipinski definition) is 2. The molecule has 31 heavy (non-hydrogen) atoms. The van der Waals surface area contributed by atoms with Crippen LogP contribution in [0.1, 0.15) is 59.6 Å². The number of fused-ring (bicyclic) bond motifs is 2. The van der Waals surface area contributed by atoms with Gasteiger partial charge in [0, 0.05) is 42.8 Å². The Hall–Kier alpha value is -3.26. The lowest BCUT2D eigenvalue weighted by atomic mass is 9.79. The van der Waals surface area contributed by atoms with E-state index in [4.69, 9.17) is 5.10 Å². The molecular weight excluding hydrogens is 390 g/mol. The molecule has 8 heteroatoms. The van der Waals surface area contributed by atoms with E-state index in [-0.39, 0.29) is 6.04 Å². The van der Waals surface area contributed by atoms with Gasteiger partial charge in [0.1, 0.15) is 6.04 Å². The van der Waals surface area contributed by atoms with Gasteiger partial charge in [-0.25, -0.2) is 19.5 Å². The number of anilines is 1. The summed E-state index contributed by atoms with van der Waals surface area (Å²) in [7, 11) is 0. The van der Waals surface area contributed by atoms with E-state index in [0.29, 0.717) is 11.9 Å². The molecule has 158 valence electrons. The lowest BCUT2D eigenvalue weighted by molar-refractivity contribution is 0.0615. The molecule has 0 amide bonds. The maximum absolute atomic E-state index is 10.6. The van der Waals surface area contributed by atoms with Crippen molar-refractivity contribution in [2.45, 2.75) is 44.8 Å². The number of imidazole rings is 1. The fourth-order valence-corrected chi connectivity index (χ4v) is 4.76. The first-order valence-corrected chi connectivity index (χ1v) is 10.9. The minimum absolute atomic E-state index is 0.170. The summed E-state index contributed by atoms with van der Waals surface area (Å²) >= 11 is 0. The van der Waals surface area contributed by atoms with Crippen LogP contribution in [0.3, 0.4) is 0 Å². The van der Waals surface area contributed by atoms with Gasteiger partial charge in [-0.1, -0.05) is 12.5 Å². The summed E-state index contributed by atoms with van der Waals surface area (Å²) < 4.78 is 1.92. The number of aliphatic hydroxyl groups excluding tert-OH is 1. The summed E-state index contributed by atoms with van der Waals surface area (Å²) in [6, 6.07) is 6.06. The van der Waals surface area contributed by atoms with E-state index >= 15 is 0 Å². The molecule has 5 heterocycles. The zero-order valence-electron chi connectivity index (χ0n) is 17.4. The Kier molecular flexibility index (Phi) is 4.27. The van der Waals surface area contributed by atoms with Crippen molar-refractivity contribution >= 4 is 11.5 Å². The molecule has 2 atom stereocenters. The van der Waals surface area contributed by atoms with E-state index in [9.17, 15) is 5.11 Å². The van der Waals surface area contributed by atoms with Crippen LogP contribution in [0.5, 0.6) is 0 Å². The number of aryl methyl sites for hydroxylation is 1. The van der Waals surface area contributed by atoms with Crippen LogP contribution in [0.2, 0.25) is 0 Å². The van der Waals surface area contributed by atoms with Gasteiger partial charge in [0.05, 0.1) is 29.3 Å². The topological polar surface area (TPSA) is 95.2 Å². The summed E-state index contributed by atoms with van der Waals surface area (Å²) in [5.74, 6) is 0.974. The molecule has 1 aliphatic carbocycles. The van der Waals surface area contributed by atoms with Crippen molar-refractivity contribution in [3.05, 3.63) is 71.3 Å². The van der Waals surface area contributed by atoms with Crippen LogP contribution in [0.15, 0.2) is 43.1 Å². The van der Waals surface area contributed by atoms with E-state index in [1.54, 1.807) is 18.7 Å². The molecule has 2 aliphatic rings. The molecule has 1 saturated carbocycles. The SMILES string of the molecule is Cc1cccn2nc([C@H]3c4nc[nH]c4CCN3c3ncc(C(O)C4CCC4)cn3)cc12. The lowest BCUT2D eigenvalue weighted by Crippen LogP contribution is -2.37. The number of aliphatic hydroxyl groups is 1. The van der Waals surface area contributed by atoms with E-state index in [1.165, 1.54) is 12.0 Å². The third kappa shape index (κ3) is 3.01. The van der Waals surface area contributed by atoms with Gasteiger partial charge < -0.3 is 15.0 Å². The summed E-state index contributed by atoms with van der Waals surface area (Å²) in [6.45, 7) is 2.85. The molecule has 0 spiro atoms. The number of aromatic nitrogens is 6. The van der Waals surface area contributed by atoms with Crippen LogP contribution in [0.4, 0.5) is 5.95 Å². The average Bonchev–Trinajstić information content (AvgIpc) is 3.39. The van der Waals surface area contributed by atoms with Crippen molar-refractivity contribution in [2.75, 3.05) is 11.4 Å². The van der Waals surface area contributed by atoms with Gasteiger partial charge in [-0.15, -0.1) is 0 Å². The summed E-state index contributed by atoms with van der Waals surface area (Å²) in [6.07, 6.45) is 11.0. The van der Waals surface area contributed by atoms with E-state index < -0.39 is 6.10 Å². The predicted octanol–water partition coefficient (Wildman–Crippen LogP) is 3.14. The molecule has 1 fully saturated rings. The van der Waals surface area contributed by atoms with Crippen LogP contribution in [-0.2, 0) is 6.42 Å². The Labute approximate surface area is 180 Å². The van der Waals surface area contributed by atoms with Crippen LogP contribution in [-0.4, -0.2) is 41.2 Å². The second-order valence-corrected chi connectivity index (χ2v) is 8.65. The predicted molar refractivity (Wildman–Crippen MR) is 116 cm³/mol. The third-order valence-electron chi connectivity index (χ3n) is 6.79. The molecule has 1 unspecified atom stereocenters. The number of aromatic amines is 1. The zero-order chi connectivity index (χ0) is 20.9. The quantitative estimate of drug-likeness (QED) is 0.532. The van der Waals surface area contributed by atoms with Crippen LogP contribution < -0.4 is 4.90 Å². The molecule has 8 nitrogen and oxygen atoms in total. The zero-order valence-corrected chi connectivity index (χ0v) is 17.4. The Balaban J connectivity index is 1.39. The van der Waals surface area contributed by atoms with Gasteiger partial charge >= 0.3 is 0 Å². The van der Waals surface area contributed by atoms with Crippen molar-refractivity contribution in [2.24, 2.45) is 5.92 Å². The second kappa shape index (κ2) is 7.16. The molecular formula is C23H25N7O. The van der Waals surface area contributed by atoms with Gasteiger partial charge in [-0.05, 0) is 43.4 Å². The van der Waals surface area contributed by atoms with Gasteiger partial charge in [0.15, 0.2) is 0 Å². The largest absolute Gasteiger partial charge is 0.388 e. The molecule has 2 N–H and O–H groups in total. The molecule has 4 aromatic heterocycles. The standard InChI is InChI=1S/C23H25N7O/c1-14-4-3-8-30-19(14)10-18(28-30)21-20-17(26-13-27-20)7-9-29(21)23-24-11-16(12-25-23)22(31)15-5-2-6-15/h3-4,8,10-13,15,21-22,31H,2,5-7,9H2,1H3,(H,26,27)/t21-,22?/m0/s1. The summed E-state index contributed by atoms with van der Waals surface area (Å²) in [5.41, 5.74) is 6.08. The van der Waals surface area contributed by atoms with Crippen molar-refractivity contribution in [1.29, 1.82) is 0 Å². The first-order valence-electron chi connectivity index (χ1n) is 10.9. The first kappa shape index (κ1) is 18.5. The van der Waals surface area contributed by atoms with Gasteiger partial charge in [0.2, 0.25) is 5.95 Å². The number of H-pyrrole nitrogens is 1. The Morgan fingerprint density at radius 1 is 1.19 bits per heavy atom. The Morgan fingerprint density at radius 2 is 2.03 bits per heavy atom. The lowest BCUT2D eigenvalue weighted by Gasteiger charge is -2.34. The Morgan fingerprint density at radius 3 is 2.77 bits per heavy atom. The third-order valence-corrected chi connectivity index (χ3v) is 6.79. The normalized spacial score (nSPS) is 19.9. The maximum Gasteiger partial charge on any atom is 0.226 e. The smallest absolute Gasteiger partial charge is 0.226 e. The highest BCUT2D eigenvalue weighted by Crippen LogP contribution is 2.38. The fraction of sp³-hybridized carbons (Fsp3) is 0.391. The highest BCUT2D eigenvalue weighted by atomic mass is 16.3. The van der Waals surface area contributed by atoms with Crippen LogP contribution in [0, 0.1) is 12.8 Å². The van der Waals surface area contributed by atoms with Crippen molar-refractivity contribution in [3.8, 4) is 0 Å². The van der Waals surface area contributed by atoms with Gasteiger partial charge in [-0.2, -0.15) is 5.10 Å². The van der Waals surface area contributed by atoms with Crippen LogP contribution in [0.25, 0.3) is 5.52 Å². The van der Waals surface area contributed by atoms with E-state index in [2.05, 4.69) is 43.9 Å². The van der Waals surface area contributed by atoms with Crippen molar-refractivity contribution in [1.82, 2.24) is 29.5 Å².